The highest BCUT2D eigenvalue weighted by Gasteiger charge is 2.31. The van der Waals surface area contributed by atoms with E-state index in [1.807, 2.05) is 6.92 Å². The van der Waals surface area contributed by atoms with E-state index in [0.717, 1.165) is 35.4 Å². The summed E-state index contributed by atoms with van der Waals surface area (Å²) in [5.41, 5.74) is 1.11. The first kappa shape index (κ1) is 29.2. The summed E-state index contributed by atoms with van der Waals surface area (Å²) >= 11 is 6.20. The number of sulfonamides is 2. The molecular weight excluding hydrogens is 538 g/mol. The van der Waals surface area contributed by atoms with Crippen LogP contribution < -0.4 is 14.4 Å². The number of carbonyl (C=O) groups excluding carboxylic acids is 1. The highest BCUT2D eigenvalue weighted by molar-refractivity contribution is 7.92. The third kappa shape index (κ3) is 7.37. The molecule has 1 aliphatic heterocycles. The first-order chi connectivity index (χ1) is 17.4. The second-order valence-corrected chi connectivity index (χ2v) is 13.2. The van der Waals surface area contributed by atoms with Crippen molar-refractivity contribution in [2.24, 2.45) is 0 Å². The topological polar surface area (TPSA) is 113 Å². The van der Waals surface area contributed by atoms with Crippen molar-refractivity contribution in [3.8, 4) is 5.75 Å². The number of nitrogens with one attached hydrogen (secondary N) is 1. The highest BCUT2D eigenvalue weighted by Crippen LogP contribution is 2.28. The summed E-state index contributed by atoms with van der Waals surface area (Å²) in [6.45, 7) is 4.86. The Hall–Kier alpha value is -2.34. The first-order valence-corrected chi connectivity index (χ1v) is 15.9. The molecule has 1 aliphatic rings. The van der Waals surface area contributed by atoms with Crippen LogP contribution >= 0.6 is 11.6 Å². The molecule has 12 heteroatoms. The van der Waals surface area contributed by atoms with Crippen LogP contribution in [-0.4, -0.2) is 65.6 Å². The van der Waals surface area contributed by atoms with Gasteiger partial charge in [0, 0.05) is 18.1 Å². The summed E-state index contributed by atoms with van der Waals surface area (Å²) < 4.78 is 58.9. The zero-order valence-corrected chi connectivity index (χ0v) is 23.7. The molecule has 0 aliphatic carbocycles. The maximum absolute atomic E-state index is 12.9. The van der Waals surface area contributed by atoms with Gasteiger partial charge in [0.05, 0.1) is 23.4 Å². The minimum absolute atomic E-state index is 0.121. The van der Waals surface area contributed by atoms with Gasteiger partial charge in [-0.15, -0.1) is 0 Å². The number of hydrogen-bond donors (Lipinski definition) is 1. The van der Waals surface area contributed by atoms with Gasteiger partial charge in [0.15, 0.2) is 0 Å². The SMILES string of the molecule is CCC(C(=O)NCCOc1ccc(S(=O)(=O)N2CCCCC2)cc1)N(c1ccc(C)c(Cl)c1)S(C)(=O)=O. The molecule has 9 nitrogen and oxygen atoms in total. The number of carbonyl (C=O) groups is 1. The van der Waals surface area contributed by atoms with E-state index < -0.39 is 32.0 Å². The number of hydrogen-bond acceptors (Lipinski definition) is 6. The van der Waals surface area contributed by atoms with Gasteiger partial charge in [-0.3, -0.25) is 9.10 Å². The van der Waals surface area contributed by atoms with E-state index in [1.54, 1.807) is 31.2 Å². The van der Waals surface area contributed by atoms with E-state index in [9.17, 15) is 21.6 Å². The summed E-state index contributed by atoms with van der Waals surface area (Å²) in [6, 6.07) is 10.1. The van der Waals surface area contributed by atoms with Gasteiger partial charge in [-0.2, -0.15) is 4.31 Å². The molecule has 1 saturated heterocycles. The largest absolute Gasteiger partial charge is 0.492 e. The van der Waals surface area contributed by atoms with Crippen LogP contribution in [-0.2, 0) is 24.8 Å². The predicted molar refractivity (Wildman–Crippen MR) is 145 cm³/mol. The van der Waals surface area contributed by atoms with Gasteiger partial charge < -0.3 is 10.1 Å². The summed E-state index contributed by atoms with van der Waals surface area (Å²) in [6.07, 6.45) is 4.07. The number of anilines is 1. The number of rotatable bonds is 11. The lowest BCUT2D eigenvalue weighted by Gasteiger charge is -2.30. The van der Waals surface area contributed by atoms with E-state index in [1.165, 1.54) is 22.5 Å². The number of amides is 1. The zero-order chi connectivity index (χ0) is 27.2. The minimum Gasteiger partial charge on any atom is -0.492 e. The lowest BCUT2D eigenvalue weighted by molar-refractivity contribution is -0.122. The van der Waals surface area contributed by atoms with E-state index in [4.69, 9.17) is 16.3 Å². The summed E-state index contributed by atoms with van der Waals surface area (Å²) in [7, 11) is -7.29. The van der Waals surface area contributed by atoms with E-state index in [0.29, 0.717) is 29.5 Å². The van der Waals surface area contributed by atoms with E-state index in [2.05, 4.69) is 5.32 Å². The fourth-order valence-electron chi connectivity index (χ4n) is 4.20. The van der Waals surface area contributed by atoms with Crippen LogP contribution in [0, 0.1) is 6.92 Å². The fourth-order valence-corrected chi connectivity index (χ4v) is 7.10. The van der Waals surface area contributed by atoms with Crippen LogP contribution in [0.2, 0.25) is 5.02 Å². The van der Waals surface area contributed by atoms with Crippen molar-refractivity contribution in [1.29, 1.82) is 0 Å². The fraction of sp³-hybridized carbons (Fsp3) is 0.480. The lowest BCUT2D eigenvalue weighted by Crippen LogP contribution is -2.50. The monoisotopic (exact) mass is 571 g/mol. The summed E-state index contributed by atoms with van der Waals surface area (Å²) in [5, 5.41) is 3.13. The molecule has 0 radical (unpaired) electrons. The molecule has 0 bridgehead atoms. The summed E-state index contributed by atoms with van der Waals surface area (Å²) in [5.74, 6) is 0.00198. The molecule has 37 heavy (non-hydrogen) atoms. The normalized spacial score (nSPS) is 15.7. The second kappa shape index (κ2) is 12.5. The number of halogens is 1. The predicted octanol–water partition coefficient (Wildman–Crippen LogP) is 3.56. The Kier molecular flexibility index (Phi) is 9.85. The highest BCUT2D eigenvalue weighted by atomic mass is 35.5. The molecule has 0 spiro atoms. The van der Waals surface area contributed by atoms with Crippen molar-refractivity contribution < 1.29 is 26.4 Å². The van der Waals surface area contributed by atoms with Gasteiger partial charge in [-0.1, -0.05) is 31.0 Å². The zero-order valence-electron chi connectivity index (χ0n) is 21.3. The van der Waals surface area contributed by atoms with Gasteiger partial charge in [0.2, 0.25) is 26.0 Å². The quantitative estimate of drug-likeness (QED) is 0.413. The van der Waals surface area contributed by atoms with Crippen molar-refractivity contribution >= 4 is 43.2 Å². The van der Waals surface area contributed by atoms with Crippen molar-refractivity contribution in [2.75, 3.05) is 36.8 Å². The molecular formula is C25H34ClN3O6S2. The number of aryl methyl sites for hydroxylation is 1. The molecule has 1 heterocycles. The maximum atomic E-state index is 12.9. The standard InChI is InChI=1S/C25H34ClN3O6S2/c1-4-24(29(36(3,31)32)20-9-8-19(2)23(26)18-20)25(30)27-14-17-35-21-10-12-22(13-11-21)37(33,34)28-15-6-5-7-16-28/h8-13,18,24H,4-7,14-17H2,1-3H3,(H,27,30). The van der Waals surface area contributed by atoms with Crippen LogP contribution in [0.25, 0.3) is 0 Å². The maximum Gasteiger partial charge on any atom is 0.244 e. The molecule has 0 aromatic heterocycles. The number of benzene rings is 2. The van der Waals surface area contributed by atoms with E-state index in [-0.39, 0.29) is 24.5 Å². The third-order valence-electron chi connectivity index (χ3n) is 6.19. The summed E-state index contributed by atoms with van der Waals surface area (Å²) in [4.78, 5) is 13.1. The Labute approximate surface area is 224 Å². The van der Waals surface area contributed by atoms with Gasteiger partial charge in [-0.05, 0) is 68.1 Å². The Morgan fingerprint density at radius 1 is 1.08 bits per heavy atom. The van der Waals surface area contributed by atoms with Crippen molar-refractivity contribution in [3.63, 3.8) is 0 Å². The van der Waals surface area contributed by atoms with Gasteiger partial charge in [-0.25, -0.2) is 16.8 Å². The molecule has 204 valence electrons. The van der Waals surface area contributed by atoms with Crippen molar-refractivity contribution in [2.45, 2.75) is 50.5 Å². The molecule has 1 amide bonds. The Morgan fingerprint density at radius 3 is 2.30 bits per heavy atom. The Bertz CT molecular complexity index is 1290. The van der Waals surface area contributed by atoms with Crippen LogP contribution in [0.4, 0.5) is 5.69 Å². The second-order valence-electron chi connectivity index (χ2n) is 8.99. The first-order valence-electron chi connectivity index (χ1n) is 12.2. The molecule has 3 rings (SSSR count). The number of ether oxygens (including phenoxy) is 1. The number of nitrogens with zero attached hydrogens (tertiary/aromatic N) is 2. The van der Waals surface area contributed by atoms with Crippen molar-refractivity contribution in [1.82, 2.24) is 9.62 Å². The van der Waals surface area contributed by atoms with Crippen LogP contribution in [0.15, 0.2) is 47.4 Å². The van der Waals surface area contributed by atoms with Gasteiger partial charge >= 0.3 is 0 Å². The van der Waals surface area contributed by atoms with Crippen LogP contribution in [0.5, 0.6) is 5.75 Å². The van der Waals surface area contributed by atoms with Crippen LogP contribution in [0.1, 0.15) is 38.2 Å². The lowest BCUT2D eigenvalue weighted by atomic mass is 10.1. The number of piperidine rings is 1. The van der Waals surface area contributed by atoms with Crippen molar-refractivity contribution in [3.05, 3.63) is 53.1 Å². The molecule has 0 saturated carbocycles. The molecule has 1 atom stereocenters. The minimum atomic E-state index is -3.77. The average molecular weight is 572 g/mol. The Balaban J connectivity index is 1.59. The molecule has 2 aromatic carbocycles. The molecule has 1 N–H and O–H groups in total. The van der Waals surface area contributed by atoms with Crippen LogP contribution in [0.3, 0.4) is 0 Å². The van der Waals surface area contributed by atoms with Gasteiger partial charge in [0.1, 0.15) is 18.4 Å². The van der Waals surface area contributed by atoms with E-state index >= 15 is 0 Å². The smallest absolute Gasteiger partial charge is 0.244 e. The third-order valence-corrected chi connectivity index (χ3v) is 9.69. The molecule has 2 aromatic rings. The molecule has 1 unspecified atom stereocenters. The average Bonchev–Trinajstić information content (AvgIpc) is 2.87. The molecule has 1 fully saturated rings. The Morgan fingerprint density at radius 2 is 1.73 bits per heavy atom. The van der Waals surface area contributed by atoms with Gasteiger partial charge in [0.25, 0.3) is 0 Å².